The smallest absolute Gasteiger partial charge is 0.308 e. The highest BCUT2D eigenvalue weighted by atomic mass is 16.8. The van der Waals surface area contributed by atoms with Gasteiger partial charge in [0.1, 0.15) is 6.61 Å². The molecular weight excluding hydrogens is 304 g/mol. The molecule has 1 saturated heterocycles. The molecule has 1 N–H and O–H groups in total. The number of hydrogen-bond acceptors (Lipinski definition) is 4. The first kappa shape index (κ1) is 21.2. The van der Waals surface area contributed by atoms with Crippen molar-refractivity contribution in [3.63, 3.8) is 0 Å². The van der Waals surface area contributed by atoms with Crippen LogP contribution in [0.25, 0.3) is 0 Å². The zero-order chi connectivity index (χ0) is 17.5. The first-order valence-corrected chi connectivity index (χ1v) is 9.86. The molecular formula is C20H36O4. The summed E-state index contributed by atoms with van der Waals surface area (Å²) >= 11 is 0. The van der Waals surface area contributed by atoms with Gasteiger partial charge in [0.05, 0.1) is 6.10 Å². The molecule has 2 unspecified atom stereocenters. The summed E-state index contributed by atoms with van der Waals surface area (Å²) in [6.45, 7) is 2.77. The quantitative estimate of drug-likeness (QED) is 0.188. The topological polar surface area (TPSA) is 59.1 Å². The third-order valence-electron chi connectivity index (χ3n) is 4.28. The summed E-state index contributed by atoms with van der Waals surface area (Å²) in [5, 5.41) is 9.85. The van der Waals surface area contributed by atoms with Gasteiger partial charge in [-0.15, -0.1) is 0 Å². The van der Waals surface area contributed by atoms with Crippen molar-refractivity contribution in [3.05, 3.63) is 12.2 Å². The number of rotatable bonds is 16. The van der Waals surface area contributed by atoms with Crippen molar-refractivity contribution >= 4 is 5.97 Å². The number of allylic oxidation sites excluding steroid dienone is 1. The highest BCUT2D eigenvalue weighted by molar-refractivity contribution is 5.69. The Morgan fingerprint density at radius 2 is 1.83 bits per heavy atom. The lowest BCUT2D eigenvalue weighted by atomic mass is 10.1. The van der Waals surface area contributed by atoms with Gasteiger partial charge in [0, 0.05) is 6.42 Å². The number of unbranched alkanes of at least 4 members (excludes halogenated alkanes) is 8. The molecule has 0 aliphatic carbocycles. The van der Waals surface area contributed by atoms with Gasteiger partial charge < -0.3 is 14.6 Å². The fourth-order valence-corrected chi connectivity index (χ4v) is 2.67. The predicted molar refractivity (Wildman–Crippen MR) is 96.7 cm³/mol. The second-order valence-corrected chi connectivity index (χ2v) is 6.77. The minimum Gasteiger partial charge on any atom is -0.433 e. The highest BCUT2D eigenvalue weighted by Gasteiger charge is 2.26. The first-order chi connectivity index (χ1) is 11.7. The van der Waals surface area contributed by atoms with E-state index in [2.05, 4.69) is 19.1 Å². The number of carbonyl (C=O) groups is 1. The van der Waals surface area contributed by atoms with Crippen molar-refractivity contribution in [1.29, 1.82) is 0 Å². The molecule has 0 bridgehead atoms. The van der Waals surface area contributed by atoms with E-state index in [1.54, 1.807) is 0 Å². The molecule has 1 heterocycles. The normalized spacial score (nSPS) is 18.0. The van der Waals surface area contributed by atoms with Crippen LogP contribution in [0.15, 0.2) is 12.2 Å². The number of epoxide rings is 1. The van der Waals surface area contributed by atoms with Gasteiger partial charge in [-0.3, -0.25) is 4.79 Å². The summed E-state index contributed by atoms with van der Waals surface area (Å²) in [5.41, 5.74) is 0. The second kappa shape index (κ2) is 14.5. The number of aliphatic hydroxyl groups excluding tert-OH is 1. The Hall–Kier alpha value is -0.870. The number of carbonyl (C=O) groups excluding carboxylic acids is 1. The fraction of sp³-hybridized carbons (Fsp3) is 0.850. The summed E-state index contributed by atoms with van der Waals surface area (Å²) in [5.74, 6) is -0.131. The van der Waals surface area contributed by atoms with Crippen molar-refractivity contribution in [1.82, 2.24) is 0 Å². The van der Waals surface area contributed by atoms with Gasteiger partial charge in [-0.05, 0) is 32.1 Å². The van der Waals surface area contributed by atoms with Gasteiger partial charge in [0.15, 0.2) is 0 Å². The van der Waals surface area contributed by atoms with Gasteiger partial charge in [-0.2, -0.15) is 0 Å². The maximum Gasteiger partial charge on any atom is 0.308 e. The van der Waals surface area contributed by atoms with Gasteiger partial charge in [-0.1, -0.05) is 64.0 Å². The van der Waals surface area contributed by atoms with Crippen LogP contribution in [0.1, 0.15) is 90.4 Å². The molecule has 0 radical (unpaired) electrons. The van der Waals surface area contributed by atoms with E-state index in [0.717, 1.165) is 38.5 Å². The maximum atomic E-state index is 11.3. The van der Waals surface area contributed by atoms with Crippen molar-refractivity contribution in [2.45, 2.75) is 103 Å². The number of esters is 1. The molecule has 0 spiro atoms. The molecule has 0 amide bonds. The highest BCUT2D eigenvalue weighted by Crippen LogP contribution is 2.14. The predicted octanol–water partition coefficient (Wildman–Crippen LogP) is 4.89. The van der Waals surface area contributed by atoms with E-state index in [9.17, 15) is 9.90 Å². The van der Waals surface area contributed by atoms with Crippen molar-refractivity contribution < 1.29 is 19.4 Å². The monoisotopic (exact) mass is 340 g/mol. The van der Waals surface area contributed by atoms with E-state index in [1.165, 1.54) is 38.5 Å². The molecule has 4 nitrogen and oxygen atoms in total. The fourth-order valence-electron chi connectivity index (χ4n) is 2.67. The Balaban J connectivity index is 1.79. The Bertz CT molecular complexity index is 337. The minimum atomic E-state index is -0.251. The summed E-state index contributed by atoms with van der Waals surface area (Å²) in [4.78, 5) is 11.3. The maximum absolute atomic E-state index is 11.3. The molecule has 1 fully saturated rings. The van der Waals surface area contributed by atoms with E-state index in [0.29, 0.717) is 13.0 Å². The molecule has 24 heavy (non-hydrogen) atoms. The van der Waals surface area contributed by atoms with Crippen LogP contribution in [0.3, 0.4) is 0 Å². The molecule has 0 aromatic rings. The zero-order valence-corrected chi connectivity index (χ0v) is 15.4. The molecule has 1 aliphatic heterocycles. The largest absolute Gasteiger partial charge is 0.433 e. The Labute approximate surface area is 147 Å². The average molecular weight is 341 g/mol. The number of aliphatic hydroxyl groups is 1. The van der Waals surface area contributed by atoms with Crippen LogP contribution in [-0.4, -0.2) is 30.1 Å². The van der Waals surface area contributed by atoms with Crippen molar-refractivity contribution in [2.75, 3.05) is 6.61 Å². The van der Waals surface area contributed by atoms with Gasteiger partial charge >= 0.3 is 5.97 Å². The van der Waals surface area contributed by atoms with Crippen LogP contribution in [0.4, 0.5) is 0 Å². The summed E-state index contributed by atoms with van der Waals surface area (Å²) < 4.78 is 9.85. The third-order valence-corrected chi connectivity index (χ3v) is 4.28. The molecule has 0 saturated carbocycles. The lowest BCUT2D eigenvalue weighted by Crippen LogP contribution is -2.06. The Morgan fingerprint density at radius 1 is 1.12 bits per heavy atom. The van der Waals surface area contributed by atoms with Crippen molar-refractivity contribution in [2.24, 2.45) is 0 Å². The SMILES string of the molecule is CCCCCCC(O)C/C=C\CCCCCCCC(=O)OC1CO1. The zero-order valence-electron chi connectivity index (χ0n) is 15.4. The molecule has 1 aliphatic rings. The van der Waals surface area contributed by atoms with E-state index in [1.807, 2.05) is 0 Å². The summed E-state index contributed by atoms with van der Waals surface area (Å²) in [6, 6.07) is 0. The average Bonchev–Trinajstić information content (AvgIpc) is 3.37. The van der Waals surface area contributed by atoms with Crippen LogP contribution in [0.5, 0.6) is 0 Å². The molecule has 0 aromatic carbocycles. The van der Waals surface area contributed by atoms with Crippen LogP contribution < -0.4 is 0 Å². The first-order valence-electron chi connectivity index (χ1n) is 9.86. The lowest BCUT2D eigenvalue weighted by Gasteiger charge is -2.07. The summed E-state index contributed by atoms with van der Waals surface area (Å²) in [7, 11) is 0. The van der Waals surface area contributed by atoms with Crippen LogP contribution in [0, 0.1) is 0 Å². The molecule has 140 valence electrons. The van der Waals surface area contributed by atoms with Crippen molar-refractivity contribution in [3.8, 4) is 0 Å². The number of hydrogen-bond donors (Lipinski definition) is 1. The molecule has 2 atom stereocenters. The molecule has 4 heteroatoms. The van der Waals surface area contributed by atoms with Crippen LogP contribution in [-0.2, 0) is 14.3 Å². The molecule has 0 aromatic heterocycles. The van der Waals surface area contributed by atoms with E-state index in [-0.39, 0.29) is 18.4 Å². The van der Waals surface area contributed by atoms with Crippen LogP contribution >= 0.6 is 0 Å². The molecule has 1 rings (SSSR count). The Morgan fingerprint density at radius 3 is 2.58 bits per heavy atom. The standard InChI is InChI=1S/C20H36O4/c1-2-3-4-11-14-18(21)15-12-9-7-5-6-8-10-13-16-19(22)24-20-17-23-20/h9,12,18,20-21H,2-8,10-11,13-17H2,1H3/b12-9-. The van der Waals surface area contributed by atoms with Gasteiger partial charge in [0.25, 0.3) is 0 Å². The third kappa shape index (κ3) is 13.6. The van der Waals surface area contributed by atoms with Gasteiger partial charge in [-0.25, -0.2) is 0 Å². The van der Waals surface area contributed by atoms with E-state index < -0.39 is 0 Å². The van der Waals surface area contributed by atoms with Gasteiger partial charge in [0.2, 0.25) is 6.29 Å². The van der Waals surface area contributed by atoms with Crippen LogP contribution in [0.2, 0.25) is 0 Å². The van der Waals surface area contributed by atoms with E-state index >= 15 is 0 Å². The Kier molecular flexibility index (Phi) is 12.8. The number of ether oxygens (including phenoxy) is 2. The van der Waals surface area contributed by atoms with E-state index in [4.69, 9.17) is 9.47 Å². The summed E-state index contributed by atoms with van der Waals surface area (Å²) in [6.07, 6.45) is 17.7. The second-order valence-electron chi connectivity index (χ2n) is 6.77. The lowest BCUT2D eigenvalue weighted by molar-refractivity contribution is -0.148. The minimum absolute atomic E-state index is 0.131.